The lowest BCUT2D eigenvalue weighted by atomic mass is 9.89. The van der Waals surface area contributed by atoms with Gasteiger partial charge in [0, 0.05) is 6.54 Å². The molecule has 1 N–H and O–H groups in total. The standard InChI is InChI=1S/C25H27NO3/c1-3-27-23-16-19-14-15-26-25(22(19)17-24(23)28-4-2)18-10-12-21(13-11-18)29-20-8-6-5-7-9-20/h5-13,16-17,25-26H,3-4,14-15H2,1-2H3. The van der Waals surface area contributed by atoms with Gasteiger partial charge in [-0.05, 0) is 73.4 Å². The second kappa shape index (κ2) is 9.01. The van der Waals surface area contributed by atoms with E-state index < -0.39 is 0 Å². The van der Waals surface area contributed by atoms with E-state index in [1.54, 1.807) is 0 Å². The summed E-state index contributed by atoms with van der Waals surface area (Å²) in [7, 11) is 0. The summed E-state index contributed by atoms with van der Waals surface area (Å²) in [6, 6.07) is 22.5. The molecule has 1 aliphatic rings. The molecule has 0 fully saturated rings. The summed E-state index contributed by atoms with van der Waals surface area (Å²) < 4.78 is 17.6. The van der Waals surface area contributed by atoms with Crippen molar-refractivity contribution < 1.29 is 14.2 Å². The van der Waals surface area contributed by atoms with Crippen LogP contribution in [0, 0.1) is 0 Å². The zero-order chi connectivity index (χ0) is 20.1. The smallest absolute Gasteiger partial charge is 0.161 e. The van der Waals surface area contributed by atoms with Crippen LogP contribution in [0.1, 0.15) is 36.6 Å². The normalized spacial score (nSPS) is 15.4. The summed E-state index contributed by atoms with van der Waals surface area (Å²) in [5.41, 5.74) is 3.77. The molecule has 4 nitrogen and oxygen atoms in total. The molecule has 150 valence electrons. The molecule has 1 unspecified atom stereocenters. The molecule has 1 aliphatic heterocycles. The minimum Gasteiger partial charge on any atom is -0.490 e. The van der Waals surface area contributed by atoms with Crippen LogP contribution in [0.4, 0.5) is 0 Å². The average Bonchev–Trinajstić information content (AvgIpc) is 2.75. The van der Waals surface area contributed by atoms with Crippen LogP contribution in [0.25, 0.3) is 0 Å². The highest BCUT2D eigenvalue weighted by atomic mass is 16.5. The Bertz CT molecular complexity index is 938. The van der Waals surface area contributed by atoms with E-state index in [1.807, 2.05) is 56.3 Å². The third-order valence-corrected chi connectivity index (χ3v) is 5.05. The van der Waals surface area contributed by atoms with Gasteiger partial charge in [-0.25, -0.2) is 0 Å². The van der Waals surface area contributed by atoms with Crippen molar-refractivity contribution in [3.05, 3.63) is 83.4 Å². The number of benzene rings is 3. The molecule has 29 heavy (non-hydrogen) atoms. The Hall–Kier alpha value is -2.98. The van der Waals surface area contributed by atoms with E-state index >= 15 is 0 Å². The molecule has 3 aromatic rings. The van der Waals surface area contributed by atoms with Gasteiger partial charge in [0.1, 0.15) is 11.5 Å². The van der Waals surface area contributed by atoms with E-state index in [2.05, 4.69) is 29.6 Å². The fourth-order valence-corrected chi connectivity index (χ4v) is 3.75. The average molecular weight is 389 g/mol. The maximum Gasteiger partial charge on any atom is 0.161 e. The lowest BCUT2D eigenvalue weighted by molar-refractivity contribution is 0.286. The van der Waals surface area contributed by atoms with Crippen LogP contribution < -0.4 is 19.5 Å². The summed E-state index contributed by atoms with van der Waals surface area (Å²) in [5, 5.41) is 3.64. The van der Waals surface area contributed by atoms with Gasteiger partial charge in [-0.2, -0.15) is 0 Å². The minimum atomic E-state index is 0.124. The molecule has 3 aromatic carbocycles. The van der Waals surface area contributed by atoms with E-state index in [9.17, 15) is 0 Å². The van der Waals surface area contributed by atoms with Crippen molar-refractivity contribution in [2.45, 2.75) is 26.3 Å². The Kier molecular flexibility index (Phi) is 6.01. The summed E-state index contributed by atoms with van der Waals surface area (Å²) >= 11 is 0. The molecule has 0 bridgehead atoms. The lowest BCUT2D eigenvalue weighted by Gasteiger charge is -2.29. The molecule has 0 saturated carbocycles. The Labute approximate surface area is 172 Å². The van der Waals surface area contributed by atoms with Crippen molar-refractivity contribution in [1.29, 1.82) is 0 Å². The van der Waals surface area contributed by atoms with Crippen molar-refractivity contribution in [1.82, 2.24) is 5.32 Å². The van der Waals surface area contributed by atoms with Crippen molar-refractivity contribution in [3.63, 3.8) is 0 Å². The van der Waals surface area contributed by atoms with Crippen molar-refractivity contribution >= 4 is 0 Å². The lowest BCUT2D eigenvalue weighted by Crippen LogP contribution is -2.30. The summed E-state index contributed by atoms with van der Waals surface area (Å²) in [4.78, 5) is 0. The second-order valence-electron chi connectivity index (χ2n) is 6.99. The topological polar surface area (TPSA) is 39.7 Å². The highest BCUT2D eigenvalue weighted by Crippen LogP contribution is 2.38. The predicted molar refractivity (Wildman–Crippen MR) is 115 cm³/mol. The number of para-hydroxylation sites is 1. The van der Waals surface area contributed by atoms with Crippen LogP contribution in [0.15, 0.2) is 66.7 Å². The zero-order valence-electron chi connectivity index (χ0n) is 17.0. The molecule has 1 atom stereocenters. The molecule has 0 aliphatic carbocycles. The van der Waals surface area contributed by atoms with E-state index in [0.717, 1.165) is 36.0 Å². The first kappa shape index (κ1) is 19.3. The maximum absolute atomic E-state index is 5.93. The van der Waals surface area contributed by atoms with Crippen LogP contribution in [0.3, 0.4) is 0 Å². The molecule has 0 radical (unpaired) electrons. The summed E-state index contributed by atoms with van der Waals surface area (Å²) in [5.74, 6) is 3.31. The number of fused-ring (bicyclic) bond motifs is 1. The molecule has 4 heteroatoms. The third kappa shape index (κ3) is 4.38. The van der Waals surface area contributed by atoms with Crippen LogP contribution in [0.5, 0.6) is 23.0 Å². The van der Waals surface area contributed by atoms with E-state index in [1.165, 1.54) is 16.7 Å². The monoisotopic (exact) mass is 389 g/mol. The van der Waals surface area contributed by atoms with Crippen LogP contribution in [-0.2, 0) is 6.42 Å². The van der Waals surface area contributed by atoms with Crippen LogP contribution >= 0.6 is 0 Å². The number of ether oxygens (including phenoxy) is 3. The molecule has 0 aromatic heterocycles. The first-order chi connectivity index (χ1) is 14.3. The molecule has 4 rings (SSSR count). The first-order valence-corrected chi connectivity index (χ1v) is 10.3. The molecule has 0 spiro atoms. The second-order valence-corrected chi connectivity index (χ2v) is 6.99. The predicted octanol–water partition coefficient (Wildman–Crippen LogP) is 5.51. The van der Waals surface area contributed by atoms with Gasteiger partial charge in [0.25, 0.3) is 0 Å². The number of hydrogen-bond donors (Lipinski definition) is 1. The fourth-order valence-electron chi connectivity index (χ4n) is 3.75. The quantitative estimate of drug-likeness (QED) is 0.578. The zero-order valence-corrected chi connectivity index (χ0v) is 17.0. The van der Waals surface area contributed by atoms with Crippen molar-refractivity contribution in [3.8, 4) is 23.0 Å². The molecule has 0 saturated heterocycles. The molecule has 0 amide bonds. The Balaban J connectivity index is 1.61. The number of nitrogens with one attached hydrogen (secondary N) is 1. The summed E-state index contributed by atoms with van der Waals surface area (Å²) in [6.45, 7) is 6.17. The van der Waals surface area contributed by atoms with Gasteiger partial charge < -0.3 is 19.5 Å². The van der Waals surface area contributed by atoms with Gasteiger partial charge in [0.2, 0.25) is 0 Å². The van der Waals surface area contributed by atoms with Gasteiger partial charge in [-0.15, -0.1) is 0 Å². The highest BCUT2D eigenvalue weighted by molar-refractivity contribution is 5.52. The highest BCUT2D eigenvalue weighted by Gasteiger charge is 2.24. The maximum atomic E-state index is 5.93. The van der Waals surface area contributed by atoms with Crippen molar-refractivity contribution in [2.24, 2.45) is 0 Å². The molecular weight excluding hydrogens is 362 g/mol. The first-order valence-electron chi connectivity index (χ1n) is 10.3. The van der Waals surface area contributed by atoms with Crippen LogP contribution in [-0.4, -0.2) is 19.8 Å². The van der Waals surface area contributed by atoms with Gasteiger partial charge in [0.15, 0.2) is 11.5 Å². The Morgan fingerprint density at radius 2 is 1.48 bits per heavy atom. The Morgan fingerprint density at radius 3 is 2.17 bits per heavy atom. The van der Waals surface area contributed by atoms with Crippen LogP contribution in [0.2, 0.25) is 0 Å². The van der Waals surface area contributed by atoms with E-state index in [0.29, 0.717) is 13.2 Å². The van der Waals surface area contributed by atoms with E-state index in [-0.39, 0.29) is 6.04 Å². The number of hydrogen-bond acceptors (Lipinski definition) is 4. The SMILES string of the molecule is CCOc1cc2c(cc1OCC)C(c1ccc(Oc3ccccc3)cc1)NCC2. The fraction of sp³-hybridized carbons (Fsp3) is 0.280. The molecular formula is C25H27NO3. The van der Waals surface area contributed by atoms with Crippen molar-refractivity contribution in [2.75, 3.05) is 19.8 Å². The third-order valence-electron chi connectivity index (χ3n) is 5.05. The number of rotatable bonds is 7. The largest absolute Gasteiger partial charge is 0.490 e. The molecule has 1 heterocycles. The summed E-state index contributed by atoms with van der Waals surface area (Å²) in [6.07, 6.45) is 0.980. The Morgan fingerprint density at radius 1 is 0.828 bits per heavy atom. The minimum absolute atomic E-state index is 0.124. The van der Waals surface area contributed by atoms with Gasteiger partial charge in [-0.3, -0.25) is 0 Å². The van der Waals surface area contributed by atoms with Gasteiger partial charge in [0.05, 0.1) is 19.3 Å². The van der Waals surface area contributed by atoms with Gasteiger partial charge >= 0.3 is 0 Å². The van der Waals surface area contributed by atoms with Gasteiger partial charge in [-0.1, -0.05) is 30.3 Å². The van der Waals surface area contributed by atoms with E-state index in [4.69, 9.17) is 14.2 Å².